The van der Waals surface area contributed by atoms with Crippen LogP contribution in [0.25, 0.3) is 0 Å². The van der Waals surface area contributed by atoms with E-state index < -0.39 is 29.6 Å². The van der Waals surface area contributed by atoms with E-state index in [0.717, 1.165) is 6.42 Å². The lowest BCUT2D eigenvalue weighted by Gasteiger charge is -2.26. The first-order valence-corrected chi connectivity index (χ1v) is 10.2. The van der Waals surface area contributed by atoms with Gasteiger partial charge in [0.2, 0.25) is 11.8 Å². The molecule has 0 aromatic carbocycles. The second-order valence-electron chi connectivity index (χ2n) is 7.47. The standard InChI is InChI=1S/C21H32N2O6/c1-4-7-10-28-11-8-9-18(25)23-14-16(24)12-17(23)19(26)22-21(13-15(21)5-2)20(27)29-6-3/h4-5,15-17,24H,1-2,6-14H2,3H3,(H,22,26)/t15-,16-,17+,21-/m1/s1. The van der Waals surface area contributed by atoms with Crippen LogP contribution in [0, 0.1) is 5.92 Å². The van der Waals surface area contributed by atoms with Crippen LogP contribution in [0.1, 0.15) is 39.0 Å². The number of amides is 2. The summed E-state index contributed by atoms with van der Waals surface area (Å²) in [4.78, 5) is 39.2. The van der Waals surface area contributed by atoms with E-state index in [9.17, 15) is 19.5 Å². The lowest BCUT2D eigenvalue weighted by molar-refractivity contribution is -0.150. The molecule has 1 aliphatic heterocycles. The van der Waals surface area contributed by atoms with Gasteiger partial charge in [-0.3, -0.25) is 9.59 Å². The van der Waals surface area contributed by atoms with Crippen molar-refractivity contribution in [3.8, 4) is 0 Å². The van der Waals surface area contributed by atoms with Crippen molar-refractivity contribution >= 4 is 17.8 Å². The highest BCUT2D eigenvalue weighted by atomic mass is 16.5. The fourth-order valence-electron chi connectivity index (χ4n) is 3.64. The Morgan fingerprint density at radius 3 is 2.69 bits per heavy atom. The molecule has 162 valence electrons. The number of likely N-dealkylation sites (tertiary alicyclic amines) is 1. The number of hydrogen-bond acceptors (Lipinski definition) is 6. The van der Waals surface area contributed by atoms with Gasteiger partial charge in [-0.05, 0) is 26.2 Å². The topological polar surface area (TPSA) is 105 Å². The number of hydrogen-bond donors (Lipinski definition) is 2. The van der Waals surface area contributed by atoms with Crippen LogP contribution in [0.5, 0.6) is 0 Å². The minimum Gasteiger partial charge on any atom is -0.464 e. The first-order valence-electron chi connectivity index (χ1n) is 10.2. The zero-order valence-electron chi connectivity index (χ0n) is 17.1. The van der Waals surface area contributed by atoms with Crippen LogP contribution >= 0.6 is 0 Å². The number of nitrogens with one attached hydrogen (secondary N) is 1. The molecule has 1 heterocycles. The molecule has 29 heavy (non-hydrogen) atoms. The van der Waals surface area contributed by atoms with E-state index in [1.165, 1.54) is 4.90 Å². The van der Waals surface area contributed by atoms with Crippen molar-refractivity contribution in [3.63, 3.8) is 0 Å². The number of carbonyl (C=O) groups is 3. The van der Waals surface area contributed by atoms with Gasteiger partial charge >= 0.3 is 5.97 Å². The first-order chi connectivity index (χ1) is 13.9. The summed E-state index contributed by atoms with van der Waals surface area (Å²) in [6.07, 6.45) is 4.69. The van der Waals surface area contributed by atoms with E-state index in [-0.39, 0.29) is 37.8 Å². The monoisotopic (exact) mass is 408 g/mol. The van der Waals surface area contributed by atoms with Gasteiger partial charge < -0.3 is 24.8 Å². The number of esters is 1. The van der Waals surface area contributed by atoms with Crippen LogP contribution in [0.15, 0.2) is 25.3 Å². The number of aliphatic hydroxyl groups is 1. The summed E-state index contributed by atoms with van der Waals surface area (Å²) in [5.41, 5.74) is -1.11. The SMILES string of the molecule is C=CCCOCCCC(=O)N1C[C@H](O)C[C@H]1C(=O)N[C@]1(C(=O)OCC)C[C@H]1C=C. The van der Waals surface area contributed by atoms with Crippen LogP contribution < -0.4 is 5.32 Å². The van der Waals surface area contributed by atoms with Crippen molar-refractivity contribution in [1.82, 2.24) is 10.2 Å². The molecule has 2 fully saturated rings. The molecule has 0 unspecified atom stereocenters. The van der Waals surface area contributed by atoms with Crippen LogP contribution in [0.4, 0.5) is 0 Å². The summed E-state index contributed by atoms with van der Waals surface area (Å²) in [5.74, 6) is -1.36. The highest BCUT2D eigenvalue weighted by Crippen LogP contribution is 2.45. The van der Waals surface area contributed by atoms with Crippen molar-refractivity contribution in [2.75, 3.05) is 26.4 Å². The first kappa shape index (κ1) is 23.1. The number of nitrogens with zero attached hydrogens (tertiary/aromatic N) is 1. The molecule has 8 nitrogen and oxygen atoms in total. The molecule has 2 N–H and O–H groups in total. The number of aliphatic hydroxyl groups excluding tert-OH is 1. The van der Waals surface area contributed by atoms with Gasteiger partial charge in [0, 0.05) is 38.5 Å². The summed E-state index contributed by atoms with van der Waals surface area (Å²) in [5, 5.41) is 12.8. The molecular weight excluding hydrogens is 376 g/mol. The smallest absolute Gasteiger partial charge is 0.332 e. The summed E-state index contributed by atoms with van der Waals surface area (Å²) in [6.45, 7) is 10.3. The molecule has 1 saturated heterocycles. The third-order valence-corrected chi connectivity index (χ3v) is 5.33. The number of β-amino-alcohol motifs (C(OH)–C–C–N with tert-alkyl or cyclic N) is 1. The lowest BCUT2D eigenvalue weighted by Crippen LogP contribution is -2.53. The van der Waals surface area contributed by atoms with E-state index in [0.29, 0.717) is 26.1 Å². The van der Waals surface area contributed by atoms with Gasteiger partial charge in [-0.25, -0.2) is 4.79 Å². The number of rotatable bonds is 12. The predicted octanol–water partition coefficient (Wildman–Crippen LogP) is 0.945. The zero-order valence-corrected chi connectivity index (χ0v) is 17.1. The third kappa shape index (κ3) is 5.67. The minimum atomic E-state index is -1.11. The molecule has 1 aliphatic carbocycles. The second kappa shape index (κ2) is 10.5. The minimum absolute atomic E-state index is 0.103. The summed E-state index contributed by atoms with van der Waals surface area (Å²) in [7, 11) is 0. The van der Waals surface area contributed by atoms with Gasteiger partial charge in [0.15, 0.2) is 0 Å². The Morgan fingerprint density at radius 2 is 2.07 bits per heavy atom. The Balaban J connectivity index is 1.93. The molecular formula is C21H32N2O6. The number of carbonyl (C=O) groups excluding carboxylic acids is 3. The van der Waals surface area contributed by atoms with Crippen LogP contribution in [-0.4, -0.2) is 71.8 Å². The van der Waals surface area contributed by atoms with Gasteiger partial charge in [-0.1, -0.05) is 12.2 Å². The Kier molecular flexibility index (Phi) is 8.40. The van der Waals surface area contributed by atoms with Crippen molar-refractivity contribution < 1.29 is 29.0 Å². The molecule has 0 radical (unpaired) electrons. The molecule has 4 atom stereocenters. The molecule has 0 spiro atoms. The zero-order chi connectivity index (χ0) is 21.4. The molecule has 0 bridgehead atoms. The van der Waals surface area contributed by atoms with Gasteiger partial charge in [0.1, 0.15) is 11.6 Å². The van der Waals surface area contributed by atoms with E-state index in [1.807, 2.05) is 0 Å². The largest absolute Gasteiger partial charge is 0.464 e. The molecule has 2 rings (SSSR count). The molecule has 0 aromatic heterocycles. The lowest BCUT2D eigenvalue weighted by atomic mass is 10.1. The van der Waals surface area contributed by atoms with Crippen molar-refractivity contribution in [2.45, 2.75) is 56.7 Å². The Bertz CT molecular complexity index is 637. The van der Waals surface area contributed by atoms with Crippen molar-refractivity contribution in [3.05, 3.63) is 25.3 Å². The highest BCUT2D eigenvalue weighted by Gasteiger charge is 2.61. The van der Waals surface area contributed by atoms with Crippen molar-refractivity contribution in [2.24, 2.45) is 5.92 Å². The normalized spacial score (nSPS) is 27.9. The quantitative estimate of drug-likeness (QED) is 0.283. The van der Waals surface area contributed by atoms with Gasteiger partial charge in [-0.2, -0.15) is 0 Å². The van der Waals surface area contributed by atoms with E-state index in [4.69, 9.17) is 9.47 Å². The maximum Gasteiger partial charge on any atom is 0.332 e. The van der Waals surface area contributed by atoms with E-state index in [1.54, 1.807) is 19.1 Å². The molecule has 8 heteroatoms. The average Bonchev–Trinajstić information content (AvgIpc) is 3.27. The summed E-state index contributed by atoms with van der Waals surface area (Å²) < 4.78 is 10.5. The molecule has 2 aliphatic rings. The average molecular weight is 408 g/mol. The summed E-state index contributed by atoms with van der Waals surface area (Å²) >= 11 is 0. The van der Waals surface area contributed by atoms with Gasteiger partial charge in [-0.15, -0.1) is 13.2 Å². The fraction of sp³-hybridized carbons (Fsp3) is 0.667. The van der Waals surface area contributed by atoms with Crippen LogP contribution in [0.3, 0.4) is 0 Å². The van der Waals surface area contributed by atoms with E-state index >= 15 is 0 Å². The third-order valence-electron chi connectivity index (χ3n) is 5.33. The Morgan fingerprint density at radius 1 is 1.31 bits per heavy atom. The van der Waals surface area contributed by atoms with Crippen LogP contribution in [0.2, 0.25) is 0 Å². The highest BCUT2D eigenvalue weighted by molar-refractivity contribution is 5.95. The van der Waals surface area contributed by atoms with Gasteiger partial charge in [0.05, 0.1) is 12.7 Å². The fourth-order valence-corrected chi connectivity index (χ4v) is 3.64. The predicted molar refractivity (Wildman–Crippen MR) is 107 cm³/mol. The summed E-state index contributed by atoms with van der Waals surface area (Å²) in [6, 6.07) is -0.809. The Hall–Kier alpha value is -2.19. The van der Waals surface area contributed by atoms with Crippen LogP contribution in [-0.2, 0) is 23.9 Å². The Labute approximate surface area is 171 Å². The number of ether oxygens (including phenoxy) is 2. The maximum atomic E-state index is 12.9. The van der Waals surface area contributed by atoms with Crippen molar-refractivity contribution in [1.29, 1.82) is 0 Å². The maximum absolute atomic E-state index is 12.9. The van der Waals surface area contributed by atoms with E-state index in [2.05, 4.69) is 18.5 Å². The molecule has 2 amide bonds. The molecule has 1 saturated carbocycles. The second-order valence-corrected chi connectivity index (χ2v) is 7.47. The molecule has 0 aromatic rings. The van der Waals surface area contributed by atoms with Gasteiger partial charge in [0.25, 0.3) is 0 Å².